The number of amides is 1. The van der Waals surface area contributed by atoms with Crippen molar-refractivity contribution in [1.29, 1.82) is 0 Å². The summed E-state index contributed by atoms with van der Waals surface area (Å²) in [4.78, 5) is 16.4. The van der Waals surface area contributed by atoms with Crippen molar-refractivity contribution in [3.8, 4) is 0 Å². The van der Waals surface area contributed by atoms with Gasteiger partial charge >= 0.3 is 0 Å². The first-order valence-corrected chi connectivity index (χ1v) is 8.06. The lowest BCUT2D eigenvalue weighted by atomic mass is 10.1. The maximum absolute atomic E-state index is 13.3. The van der Waals surface area contributed by atoms with Gasteiger partial charge in [0.1, 0.15) is 22.9 Å². The summed E-state index contributed by atoms with van der Waals surface area (Å²) < 4.78 is 19.0. The number of aromatic nitrogens is 1. The summed E-state index contributed by atoms with van der Waals surface area (Å²) in [6.07, 6.45) is 0.659. The number of nitrogens with two attached hydrogens (primary N) is 1. The molecule has 0 fully saturated rings. The molecule has 1 amide bonds. The van der Waals surface area contributed by atoms with Gasteiger partial charge in [0.05, 0.1) is 11.6 Å². The summed E-state index contributed by atoms with van der Waals surface area (Å²) in [6, 6.07) is 4.36. The number of hydrogen-bond donors (Lipinski definition) is 2. The second-order valence-electron chi connectivity index (χ2n) is 5.14. The normalized spacial score (nSPS) is 11.1. The highest BCUT2D eigenvalue weighted by atomic mass is 32.1. The van der Waals surface area contributed by atoms with Crippen molar-refractivity contribution in [3.63, 3.8) is 0 Å². The predicted octanol–water partition coefficient (Wildman–Crippen LogP) is 2.77. The number of rotatable bonds is 5. The van der Waals surface area contributed by atoms with E-state index < -0.39 is 0 Å². The topological polar surface area (TPSA) is 81.2 Å². The SMILES string of the molecule is Cc1c(CNC(=O)c2csc(CCN)n2)oc2ccc(F)cc12. The van der Waals surface area contributed by atoms with Crippen LogP contribution >= 0.6 is 11.3 Å². The van der Waals surface area contributed by atoms with E-state index in [1.54, 1.807) is 11.4 Å². The van der Waals surface area contributed by atoms with Crippen LogP contribution in [0.15, 0.2) is 28.0 Å². The molecule has 0 bridgehead atoms. The van der Waals surface area contributed by atoms with Gasteiger partial charge in [-0.15, -0.1) is 11.3 Å². The monoisotopic (exact) mass is 333 g/mol. The molecular formula is C16H16FN3O2S. The molecule has 0 aliphatic rings. The van der Waals surface area contributed by atoms with Gasteiger partial charge in [-0.05, 0) is 31.7 Å². The van der Waals surface area contributed by atoms with Crippen molar-refractivity contribution >= 4 is 28.2 Å². The van der Waals surface area contributed by atoms with E-state index >= 15 is 0 Å². The number of carbonyl (C=O) groups excluding carboxylic acids is 1. The third-order valence-corrected chi connectivity index (χ3v) is 4.46. The van der Waals surface area contributed by atoms with E-state index in [-0.39, 0.29) is 18.3 Å². The molecule has 0 radical (unpaired) electrons. The minimum absolute atomic E-state index is 0.227. The van der Waals surface area contributed by atoms with Crippen LogP contribution in [0.5, 0.6) is 0 Å². The second kappa shape index (κ2) is 6.47. The molecule has 0 spiro atoms. The van der Waals surface area contributed by atoms with E-state index in [0.29, 0.717) is 35.4 Å². The summed E-state index contributed by atoms with van der Waals surface area (Å²) >= 11 is 1.42. The van der Waals surface area contributed by atoms with E-state index in [9.17, 15) is 9.18 Å². The minimum atomic E-state index is -0.313. The number of hydrogen-bond acceptors (Lipinski definition) is 5. The average Bonchev–Trinajstić information content (AvgIpc) is 3.11. The number of halogens is 1. The molecule has 0 aliphatic heterocycles. The van der Waals surface area contributed by atoms with E-state index in [2.05, 4.69) is 10.3 Å². The summed E-state index contributed by atoms with van der Waals surface area (Å²) in [5, 5.41) is 6.04. The number of nitrogens with one attached hydrogen (secondary N) is 1. The third kappa shape index (κ3) is 3.25. The van der Waals surface area contributed by atoms with Gasteiger partial charge in [-0.1, -0.05) is 0 Å². The van der Waals surface area contributed by atoms with Gasteiger partial charge in [-0.25, -0.2) is 9.37 Å². The third-order valence-electron chi connectivity index (χ3n) is 3.55. The van der Waals surface area contributed by atoms with Crippen LogP contribution in [0.4, 0.5) is 4.39 Å². The molecule has 2 aromatic heterocycles. The Morgan fingerprint density at radius 3 is 3.09 bits per heavy atom. The van der Waals surface area contributed by atoms with Crippen LogP contribution < -0.4 is 11.1 Å². The Bertz CT molecular complexity index is 856. The van der Waals surface area contributed by atoms with Crippen molar-refractivity contribution in [2.75, 3.05) is 6.54 Å². The molecular weight excluding hydrogens is 317 g/mol. The second-order valence-corrected chi connectivity index (χ2v) is 6.08. The first-order valence-electron chi connectivity index (χ1n) is 7.18. The zero-order valence-corrected chi connectivity index (χ0v) is 13.4. The molecule has 3 aromatic rings. The summed E-state index contributed by atoms with van der Waals surface area (Å²) in [5.41, 5.74) is 7.27. The van der Waals surface area contributed by atoms with Crippen LogP contribution in [0.1, 0.15) is 26.8 Å². The van der Waals surface area contributed by atoms with Gasteiger partial charge < -0.3 is 15.5 Å². The molecule has 3 rings (SSSR count). The van der Waals surface area contributed by atoms with Gasteiger partial charge in [-0.2, -0.15) is 0 Å². The molecule has 120 valence electrons. The predicted molar refractivity (Wildman–Crippen MR) is 87.0 cm³/mol. The van der Waals surface area contributed by atoms with E-state index in [0.717, 1.165) is 10.6 Å². The molecule has 0 saturated heterocycles. The highest BCUT2D eigenvalue weighted by Gasteiger charge is 2.14. The van der Waals surface area contributed by atoms with Crippen molar-refractivity contribution in [3.05, 3.63) is 51.4 Å². The molecule has 3 N–H and O–H groups in total. The van der Waals surface area contributed by atoms with Crippen LogP contribution in [-0.2, 0) is 13.0 Å². The molecule has 5 nitrogen and oxygen atoms in total. The number of benzene rings is 1. The van der Waals surface area contributed by atoms with Crippen LogP contribution in [0.3, 0.4) is 0 Å². The Labute approximate surface area is 136 Å². The summed E-state index contributed by atoms with van der Waals surface area (Å²) in [7, 11) is 0. The molecule has 0 saturated carbocycles. The Balaban J connectivity index is 1.72. The van der Waals surface area contributed by atoms with Crippen LogP contribution in [0.2, 0.25) is 0 Å². The minimum Gasteiger partial charge on any atom is -0.459 e. The number of fused-ring (bicyclic) bond motifs is 1. The Hall–Kier alpha value is -2.25. The summed E-state index contributed by atoms with van der Waals surface area (Å²) in [5.74, 6) is 0.0267. The number of carbonyl (C=O) groups is 1. The Morgan fingerprint density at radius 2 is 2.30 bits per heavy atom. The number of thiazole rings is 1. The summed E-state index contributed by atoms with van der Waals surface area (Å²) in [6.45, 7) is 2.57. The highest BCUT2D eigenvalue weighted by Crippen LogP contribution is 2.25. The standard InChI is InChI=1S/C16H16FN3O2S/c1-9-11-6-10(17)2-3-13(11)22-14(9)7-19-16(21)12-8-23-15(20-12)4-5-18/h2-3,6,8H,4-5,7,18H2,1H3,(H,19,21). The maximum Gasteiger partial charge on any atom is 0.271 e. The van der Waals surface area contributed by atoms with Crippen molar-refractivity contribution < 1.29 is 13.6 Å². The fourth-order valence-electron chi connectivity index (χ4n) is 2.32. The lowest BCUT2D eigenvalue weighted by Crippen LogP contribution is -2.23. The average molecular weight is 333 g/mol. The van der Waals surface area contributed by atoms with Crippen LogP contribution in [0, 0.1) is 12.7 Å². The van der Waals surface area contributed by atoms with Gasteiger partial charge in [-0.3, -0.25) is 4.79 Å². The number of nitrogens with zero attached hydrogens (tertiary/aromatic N) is 1. The van der Waals surface area contributed by atoms with Crippen LogP contribution in [-0.4, -0.2) is 17.4 Å². The first kappa shape index (κ1) is 15.6. The van der Waals surface area contributed by atoms with E-state index in [1.807, 2.05) is 6.92 Å². The Morgan fingerprint density at radius 1 is 1.48 bits per heavy atom. The van der Waals surface area contributed by atoms with Gasteiger partial charge in [0.2, 0.25) is 0 Å². The number of aryl methyl sites for hydroxylation is 1. The van der Waals surface area contributed by atoms with Gasteiger partial charge in [0, 0.05) is 22.8 Å². The molecule has 0 unspecified atom stereocenters. The molecule has 7 heteroatoms. The lowest BCUT2D eigenvalue weighted by molar-refractivity contribution is 0.0943. The molecule has 23 heavy (non-hydrogen) atoms. The van der Waals surface area contributed by atoms with E-state index in [1.165, 1.54) is 23.5 Å². The fraction of sp³-hybridized carbons (Fsp3) is 0.250. The van der Waals surface area contributed by atoms with E-state index in [4.69, 9.17) is 10.2 Å². The zero-order valence-electron chi connectivity index (χ0n) is 12.6. The van der Waals surface area contributed by atoms with Crippen molar-refractivity contribution in [2.24, 2.45) is 5.73 Å². The molecule has 0 atom stereocenters. The van der Waals surface area contributed by atoms with Gasteiger partial charge in [0.25, 0.3) is 5.91 Å². The smallest absolute Gasteiger partial charge is 0.271 e. The number of furan rings is 1. The fourth-order valence-corrected chi connectivity index (χ4v) is 3.11. The Kier molecular flexibility index (Phi) is 4.40. The quantitative estimate of drug-likeness (QED) is 0.752. The zero-order chi connectivity index (χ0) is 16.4. The largest absolute Gasteiger partial charge is 0.459 e. The lowest BCUT2D eigenvalue weighted by Gasteiger charge is -2.01. The maximum atomic E-state index is 13.3. The van der Waals surface area contributed by atoms with Crippen molar-refractivity contribution in [2.45, 2.75) is 19.9 Å². The van der Waals surface area contributed by atoms with Crippen molar-refractivity contribution in [1.82, 2.24) is 10.3 Å². The first-order chi connectivity index (χ1) is 11.1. The highest BCUT2D eigenvalue weighted by molar-refractivity contribution is 7.09. The molecule has 2 heterocycles. The molecule has 0 aliphatic carbocycles. The van der Waals surface area contributed by atoms with Crippen LogP contribution in [0.25, 0.3) is 11.0 Å². The molecule has 1 aromatic carbocycles. The van der Waals surface area contributed by atoms with Gasteiger partial charge in [0.15, 0.2) is 0 Å².